The fourth-order valence-electron chi connectivity index (χ4n) is 1.41. The van der Waals surface area contributed by atoms with Gasteiger partial charge in [-0.15, -0.1) is 9.82 Å². The lowest BCUT2D eigenvalue weighted by Crippen LogP contribution is -2.62. The van der Waals surface area contributed by atoms with Crippen molar-refractivity contribution in [1.29, 1.82) is 0 Å². The summed E-state index contributed by atoms with van der Waals surface area (Å²) in [4.78, 5) is 0. The van der Waals surface area contributed by atoms with Gasteiger partial charge >= 0.3 is 0 Å². The molecule has 1 N–H and O–H groups in total. The van der Waals surface area contributed by atoms with Gasteiger partial charge in [-0.2, -0.15) is 0 Å². The summed E-state index contributed by atoms with van der Waals surface area (Å²) in [5.41, 5.74) is 0.227. The van der Waals surface area contributed by atoms with Crippen LogP contribution in [0.15, 0.2) is 6.20 Å². The van der Waals surface area contributed by atoms with Gasteiger partial charge in [-0.25, -0.2) is 0 Å². The molecule has 1 unspecified atom stereocenters. The Labute approximate surface area is 104 Å². The van der Waals surface area contributed by atoms with E-state index in [-0.39, 0.29) is 4.75 Å². The van der Waals surface area contributed by atoms with Crippen LogP contribution in [-0.2, 0) is 21.6 Å². The maximum atomic E-state index is 12.1. The molecule has 1 saturated heterocycles. The quantitative estimate of drug-likeness (QED) is 0.783. The molecule has 1 aromatic rings. The predicted octanol–water partition coefficient (Wildman–Crippen LogP) is 0.195. The molecule has 95 valence electrons. The van der Waals surface area contributed by atoms with E-state index in [4.69, 9.17) is 4.74 Å². The second kappa shape index (κ2) is 4.24. The van der Waals surface area contributed by atoms with Gasteiger partial charge in [0.2, 0.25) is 0 Å². The smallest absolute Gasteiger partial charge is 0.155 e. The van der Waals surface area contributed by atoms with E-state index in [1.807, 2.05) is 20.8 Å². The van der Waals surface area contributed by atoms with Crippen molar-refractivity contribution in [3.05, 3.63) is 18.9 Å². The summed E-state index contributed by atoms with van der Waals surface area (Å²) in [5, 5.41) is 7.81. The summed E-state index contributed by atoms with van der Waals surface area (Å²) in [6, 6.07) is 0. The molecule has 0 aliphatic carbocycles. The highest BCUT2D eigenvalue weighted by Crippen LogP contribution is 2.30. The zero-order chi connectivity index (χ0) is 12.7. The average Bonchev–Trinajstić information content (AvgIpc) is 2.56. The molecular weight excluding hydrogens is 240 g/mol. The molecule has 2 rings (SSSR count). The highest BCUT2D eigenvalue weighted by atomic mass is 32.2. The lowest BCUT2D eigenvalue weighted by atomic mass is 9.95. The summed E-state index contributed by atoms with van der Waals surface area (Å²) < 4.78 is 21.5. The van der Waals surface area contributed by atoms with Crippen LogP contribution in [0.25, 0.3) is 0 Å². The van der Waals surface area contributed by atoms with Gasteiger partial charge in [0.1, 0.15) is 10.4 Å². The van der Waals surface area contributed by atoms with Gasteiger partial charge in [-0.1, -0.05) is 5.21 Å². The van der Waals surface area contributed by atoms with E-state index >= 15 is 0 Å². The average molecular weight is 257 g/mol. The molecule has 0 spiro atoms. The van der Waals surface area contributed by atoms with Gasteiger partial charge in [0.25, 0.3) is 0 Å². The standard InChI is InChI=1S/C10H17N4O2S/c1-9(2,3)17(15)12-10(6-16-7-10)8-5-14(4)13-11-8/h5,12H,4,6-7H2,1-3H3. The zero-order valence-corrected chi connectivity index (χ0v) is 11.1. The number of aromatic nitrogens is 3. The molecule has 6 nitrogen and oxygen atoms in total. The van der Waals surface area contributed by atoms with Crippen LogP contribution in [0.4, 0.5) is 0 Å². The Bertz CT molecular complexity index is 397. The van der Waals surface area contributed by atoms with E-state index in [1.54, 1.807) is 6.20 Å². The van der Waals surface area contributed by atoms with Gasteiger partial charge in [0.05, 0.1) is 26.5 Å². The molecule has 1 aliphatic rings. The van der Waals surface area contributed by atoms with Crippen LogP contribution in [0.5, 0.6) is 0 Å². The van der Waals surface area contributed by atoms with Crippen LogP contribution < -0.4 is 4.72 Å². The number of hydrogen-bond acceptors (Lipinski definition) is 5. The van der Waals surface area contributed by atoms with E-state index in [0.717, 1.165) is 5.69 Å². The van der Waals surface area contributed by atoms with E-state index in [2.05, 4.69) is 22.1 Å². The lowest BCUT2D eigenvalue weighted by Gasteiger charge is -2.41. The Morgan fingerprint density at radius 3 is 2.59 bits per heavy atom. The lowest BCUT2D eigenvalue weighted by molar-refractivity contribution is -0.0688. The normalized spacial score (nSPS) is 21.0. The molecule has 1 aromatic heterocycles. The van der Waals surface area contributed by atoms with Crippen molar-refractivity contribution in [1.82, 2.24) is 19.7 Å². The first-order chi connectivity index (χ1) is 7.83. The molecule has 1 aliphatic heterocycles. The maximum absolute atomic E-state index is 12.1. The first-order valence-corrected chi connectivity index (χ1v) is 6.50. The van der Waals surface area contributed by atoms with Crippen molar-refractivity contribution in [3.8, 4) is 0 Å². The second-order valence-corrected chi connectivity index (χ2v) is 7.17. The maximum Gasteiger partial charge on any atom is 0.155 e. The van der Waals surface area contributed by atoms with Crippen LogP contribution in [0.1, 0.15) is 26.5 Å². The van der Waals surface area contributed by atoms with Crippen LogP contribution in [0.3, 0.4) is 0 Å². The Kier molecular flexibility index (Phi) is 3.19. The molecule has 17 heavy (non-hydrogen) atoms. The Morgan fingerprint density at radius 2 is 2.24 bits per heavy atom. The van der Waals surface area contributed by atoms with Crippen molar-refractivity contribution in [2.24, 2.45) is 0 Å². The van der Waals surface area contributed by atoms with Crippen molar-refractivity contribution in [3.63, 3.8) is 0 Å². The van der Waals surface area contributed by atoms with Crippen LogP contribution in [0.2, 0.25) is 0 Å². The second-order valence-electron chi connectivity index (χ2n) is 5.20. The van der Waals surface area contributed by atoms with Crippen molar-refractivity contribution in [2.45, 2.75) is 31.1 Å². The third-order valence-corrected chi connectivity index (χ3v) is 4.26. The van der Waals surface area contributed by atoms with Crippen molar-refractivity contribution >= 4 is 11.4 Å². The highest BCUT2D eigenvalue weighted by Gasteiger charge is 2.48. The summed E-state index contributed by atoms with van der Waals surface area (Å²) in [5.74, 6) is 0. The minimum Gasteiger partial charge on any atom is -0.598 e. The van der Waals surface area contributed by atoms with Gasteiger partial charge in [-0.05, 0) is 20.8 Å². The molecule has 0 bridgehead atoms. The number of nitrogens with zero attached hydrogens (tertiary/aromatic N) is 3. The number of ether oxygens (including phenoxy) is 1. The largest absolute Gasteiger partial charge is 0.598 e. The SMILES string of the molecule is [CH2]n1cc(C2(N[S+]([O-])C(C)(C)C)COC2)nn1. The van der Waals surface area contributed by atoms with Crippen molar-refractivity contribution in [2.75, 3.05) is 13.2 Å². The topological polar surface area (TPSA) is 75.0 Å². The Hall–Kier alpha value is -0.630. The Balaban J connectivity index is 2.16. The number of hydrogen-bond donors (Lipinski definition) is 1. The monoisotopic (exact) mass is 257 g/mol. The minimum absolute atomic E-state index is 0.330. The Morgan fingerprint density at radius 1 is 1.59 bits per heavy atom. The molecule has 7 heteroatoms. The summed E-state index contributed by atoms with van der Waals surface area (Å²) >= 11 is -1.17. The first kappa shape index (κ1) is 12.8. The summed E-state index contributed by atoms with van der Waals surface area (Å²) in [6.45, 7) is 6.66. The fourth-order valence-corrected chi connectivity index (χ4v) is 2.30. The van der Waals surface area contributed by atoms with Crippen LogP contribution >= 0.6 is 0 Å². The van der Waals surface area contributed by atoms with E-state index in [9.17, 15) is 4.55 Å². The molecule has 0 amide bonds. The minimum atomic E-state index is -1.17. The number of rotatable bonds is 3. The molecule has 1 atom stereocenters. The van der Waals surface area contributed by atoms with E-state index < -0.39 is 16.9 Å². The number of nitrogens with one attached hydrogen (secondary N) is 1. The molecule has 0 aromatic carbocycles. The van der Waals surface area contributed by atoms with Crippen LogP contribution in [-0.4, -0.2) is 37.5 Å². The first-order valence-electron chi connectivity index (χ1n) is 5.35. The van der Waals surface area contributed by atoms with Gasteiger partial charge in [0.15, 0.2) is 5.54 Å². The third-order valence-electron chi connectivity index (χ3n) is 2.57. The van der Waals surface area contributed by atoms with Crippen molar-refractivity contribution < 1.29 is 9.29 Å². The fraction of sp³-hybridized carbons (Fsp3) is 0.700. The summed E-state index contributed by atoms with van der Waals surface area (Å²) in [7, 11) is 3.64. The third kappa shape index (κ3) is 2.47. The van der Waals surface area contributed by atoms with E-state index in [1.165, 1.54) is 4.68 Å². The van der Waals surface area contributed by atoms with Crippen LogP contribution in [0, 0.1) is 7.05 Å². The van der Waals surface area contributed by atoms with E-state index in [0.29, 0.717) is 13.2 Å². The van der Waals surface area contributed by atoms with Gasteiger partial charge < -0.3 is 9.29 Å². The molecule has 1 radical (unpaired) electrons. The molecule has 2 heterocycles. The highest BCUT2D eigenvalue weighted by molar-refractivity contribution is 7.90. The summed E-state index contributed by atoms with van der Waals surface area (Å²) in [6.07, 6.45) is 1.72. The molecular formula is C10H17N4O2S. The molecule has 1 fully saturated rings. The van der Waals surface area contributed by atoms with Gasteiger partial charge in [-0.3, -0.25) is 4.68 Å². The van der Waals surface area contributed by atoms with Gasteiger partial charge in [0, 0.05) is 11.4 Å². The predicted molar refractivity (Wildman–Crippen MR) is 64.3 cm³/mol. The molecule has 0 saturated carbocycles. The zero-order valence-electron chi connectivity index (χ0n) is 10.3.